The van der Waals surface area contributed by atoms with E-state index < -0.39 is 0 Å². The number of quaternary nitrogens is 1. The normalized spacial score (nSPS) is 17.3. The first-order valence-electron chi connectivity index (χ1n) is 9.82. The Bertz CT molecular complexity index is 1010. The number of nitro groups is 1. The molecule has 6 nitrogen and oxygen atoms in total. The third kappa shape index (κ3) is 3.47. The molecule has 1 aliphatic rings. The van der Waals surface area contributed by atoms with Crippen molar-refractivity contribution in [1.29, 1.82) is 0 Å². The highest BCUT2D eigenvalue weighted by Crippen LogP contribution is 2.34. The summed E-state index contributed by atoms with van der Waals surface area (Å²) in [5.74, 6) is 0.935. The van der Waals surface area contributed by atoms with Crippen molar-refractivity contribution >= 4 is 16.6 Å². The first kappa shape index (κ1) is 18.5. The molecule has 0 saturated carbocycles. The molecule has 2 aromatic carbocycles. The maximum absolute atomic E-state index is 11.1. The number of non-ortho nitro benzene ring substituents is 1. The molecule has 1 aromatic heterocycles. The maximum Gasteiger partial charge on any atom is 0.270 e. The van der Waals surface area contributed by atoms with Gasteiger partial charge in [-0.3, -0.25) is 10.1 Å². The predicted octanol–water partition coefficient (Wildman–Crippen LogP) is 3.66. The average molecular weight is 380 g/mol. The molecular weight excluding hydrogens is 354 g/mol. The first-order valence-corrected chi connectivity index (χ1v) is 9.82. The van der Waals surface area contributed by atoms with E-state index in [4.69, 9.17) is 4.74 Å². The zero-order chi connectivity index (χ0) is 19.7. The summed E-state index contributed by atoms with van der Waals surface area (Å²) in [6, 6.07) is 14.0. The van der Waals surface area contributed by atoms with Crippen LogP contribution in [0, 0.1) is 10.1 Å². The molecule has 28 heavy (non-hydrogen) atoms. The lowest BCUT2D eigenvalue weighted by atomic mass is 9.91. The summed E-state index contributed by atoms with van der Waals surface area (Å²) in [7, 11) is 1.71. The van der Waals surface area contributed by atoms with E-state index >= 15 is 0 Å². The molecule has 6 heteroatoms. The van der Waals surface area contributed by atoms with Crippen LogP contribution in [-0.4, -0.2) is 23.1 Å². The van der Waals surface area contributed by atoms with Crippen molar-refractivity contribution < 1.29 is 15.0 Å². The lowest BCUT2D eigenvalue weighted by Gasteiger charge is -2.24. The van der Waals surface area contributed by atoms with E-state index in [0.717, 1.165) is 42.3 Å². The molecule has 0 fully saturated rings. The van der Waals surface area contributed by atoms with E-state index in [1.54, 1.807) is 19.2 Å². The SMILES string of the molecule is COc1ccccc1C[C@H](C)[NH2+][C@H]1CCCc2c1[nH]c1ccc([N+](=O)[O-])cc21. The number of nitro benzene ring substituents is 1. The number of hydrogen-bond acceptors (Lipinski definition) is 3. The number of nitrogens with one attached hydrogen (secondary N) is 1. The second-order valence-electron chi connectivity index (χ2n) is 7.69. The van der Waals surface area contributed by atoms with Crippen molar-refractivity contribution in [3.8, 4) is 5.75 Å². The summed E-state index contributed by atoms with van der Waals surface area (Å²) in [5, 5.41) is 14.6. The number of benzene rings is 2. The maximum atomic E-state index is 11.1. The van der Waals surface area contributed by atoms with Crippen molar-refractivity contribution in [3.63, 3.8) is 0 Å². The Balaban J connectivity index is 1.57. The molecule has 0 bridgehead atoms. The van der Waals surface area contributed by atoms with Crippen LogP contribution in [0.4, 0.5) is 5.69 Å². The van der Waals surface area contributed by atoms with Gasteiger partial charge in [0.15, 0.2) is 0 Å². The first-order chi connectivity index (χ1) is 13.6. The Morgan fingerprint density at radius 2 is 2.14 bits per heavy atom. The van der Waals surface area contributed by atoms with Crippen molar-refractivity contribution in [2.75, 3.05) is 7.11 Å². The summed E-state index contributed by atoms with van der Waals surface area (Å²) < 4.78 is 5.49. The fourth-order valence-corrected chi connectivity index (χ4v) is 4.47. The molecule has 4 rings (SSSR count). The number of aromatic nitrogens is 1. The lowest BCUT2D eigenvalue weighted by Crippen LogP contribution is -2.90. The van der Waals surface area contributed by atoms with Gasteiger partial charge in [-0.05, 0) is 43.0 Å². The van der Waals surface area contributed by atoms with Crippen LogP contribution in [0.1, 0.15) is 42.6 Å². The Kier molecular flexibility index (Phi) is 5.05. The third-order valence-electron chi connectivity index (χ3n) is 5.74. The van der Waals surface area contributed by atoms with Gasteiger partial charge in [-0.2, -0.15) is 0 Å². The van der Waals surface area contributed by atoms with E-state index in [1.807, 2.05) is 24.3 Å². The molecule has 0 spiro atoms. The molecule has 3 aromatic rings. The van der Waals surface area contributed by atoms with Gasteiger partial charge >= 0.3 is 0 Å². The number of ether oxygens (including phenoxy) is 1. The van der Waals surface area contributed by atoms with Gasteiger partial charge in [0.1, 0.15) is 11.8 Å². The number of methoxy groups -OCH3 is 1. The average Bonchev–Trinajstić information content (AvgIpc) is 3.07. The zero-order valence-electron chi connectivity index (χ0n) is 16.3. The zero-order valence-corrected chi connectivity index (χ0v) is 16.3. The minimum absolute atomic E-state index is 0.157. The molecular formula is C22H26N3O3+. The van der Waals surface area contributed by atoms with E-state index in [-0.39, 0.29) is 10.6 Å². The summed E-state index contributed by atoms with van der Waals surface area (Å²) in [5.41, 5.74) is 4.85. The number of fused-ring (bicyclic) bond motifs is 3. The summed E-state index contributed by atoms with van der Waals surface area (Å²) in [6.07, 6.45) is 4.12. The number of hydrogen-bond donors (Lipinski definition) is 2. The van der Waals surface area contributed by atoms with E-state index in [2.05, 4.69) is 23.3 Å². The van der Waals surface area contributed by atoms with Gasteiger partial charge in [0.25, 0.3) is 5.69 Å². The smallest absolute Gasteiger partial charge is 0.270 e. The van der Waals surface area contributed by atoms with Crippen molar-refractivity contribution in [2.45, 2.75) is 44.7 Å². The highest BCUT2D eigenvalue weighted by atomic mass is 16.6. The minimum atomic E-state index is -0.319. The Morgan fingerprint density at radius 1 is 1.32 bits per heavy atom. The Morgan fingerprint density at radius 3 is 2.93 bits per heavy atom. The van der Waals surface area contributed by atoms with Crippen molar-refractivity contribution in [2.24, 2.45) is 0 Å². The number of nitrogens with two attached hydrogens (primary N) is 1. The van der Waals surface area contributed by atoms with Gasteiger partial charge in [-0.1, -0.05) is 18.2 Å². The molecule has 0 radical (unpaired) electrons. The monoisotopic (exact) mass is 380 g/mol. The van der Waals surface area contributed by atoms with E-state index in [9.17, 15) is 10.1 Å². The van der Waals surface area contributed by atoms with Crippen LogP contribution in [0.25, 0.3) is 10.9 Å². The summed E-state index contributed by atoms with van der Waals surface area (Å²) in [4.78, 5) is 14.4. The predicted molar refractivity (Wildman–Crippen MR) is 109 cm³/mol. The Labute approximate surface area is 164 Å². The number of nitrogens with zero attached hydrogens (tertiary/aromatic N) is 1. The molecule has 1 heterocycles. The van der Waals surface area contributed by atoms with Gasteiger partial charge in [0.05, 0.1) is 23.8 Å². The Hall–Kier alpha value is -2.86. The van der Waals surface area contributed by atoms with Crippen LogP contribution in [0.5, 0.6) is 5.75 Å². The summed E-state index contributed by atoms with van der Waals surface area (Å²) in [6.45, 7) is 2.24. The topological polar surface area (TPSA) is 84.8 Å². The van der Waals surface area contributed by atoms with Crippen LogP contribution in [0.3, 0.4) is 0 Å². The number of rotatable bonds is 6. The molecule has 0 aliphatic heterocycles. The van der Waals surface area contributed by atoms with Gasteiger partial charge in [-0.25, -0.2) is 0 Å². The molecule has 3 N–H and O–H groups in total. The number of H-pyrrole nitrogens is 1. The van der Waals surface area contributed by atoms with Gasteiger partial charge in [0.2, 0.25) is 0 Å². The minimum Gasteiger partial charge on any atom is -0.496 e. The van der Waals surface area contributed by atoms with Crippen LogP contribution in [0.2, 0.25) is 0 Å². The lowest BCUT2D eigenvalue weighted by molar-refractivity contribution is -0.726. The second kappa shape index (κ2) is 7.64. The molecule has 146 valence electrons. The van der Waals surface area contributed by atoms with E-state index in [0.29, 0.717) is 12.1 Å². The quantitative estimate of drug-likeness (QED) is 0.506. The molecule has 0 amide bonds. The molecule has 0 unspecified atom stereocenters. The molecule has 1 aliphatic carbocycles. The number of para-hydroxylation sites is 1. The van der Waals surface area contributed by atoms with Crippen LogP contribution >= 0.6 is 0 Å². The molecule has 0 saturated heterocycles. The fraction of sp³-hybridized carbons (Fsp3) is 0.364. The number of aryl methyl sites for hydroxylation is 1. The standard InChI is InChI=1S/C22H25N3O3/c1-14(12-15-6-3-4-9-21(15)28-2)23-20-8-5-7-17-18-13-16(25(26)27)10-11-19(18)24-22(17)20/h3-4,6,9-11,13-14,20,23-24H,5,7-8,12H2,1-2H3/p+1/t14-,20-/m0/s1. The van der Waals surface area contributed by atoms with Crippen molar-refractivity contribution in [1.82, 2.24) is 4.98 Å². The highest BCUT2D eigenvalue weighted by Gasteiger charge is 2.29. The third-order valence-corrected chi connectivity index (χ3v) is 5.74. The van der Waals surface area contributed by atoms with Crippen molar-refractivity contribution in [3.05, 3.63) is 69.4 Å². The second-order valence-corrected chi connectivity index (χ2v) is 7.69. The fourth-order valence-electron chi connectivity index (χ4n) is 4.47. The van der Waals surface area contributed by atoms with Gasteiger partial charge < -0.3 is 15.0 Å². The van der Waals surface area contributed by atoms with Crippen LogP contribution in [-0.2, 0) is 12.8 Å². The number of aromatic amines is 1. The van der Waals surface area contributed by atoms with E-state index in [1.165, 1.54) is 16.8 Å². The highest BCUT2D eigenvalue weighted by molar-refractivity contribution is 5.87. The summed E-state index contributed by atoms with van der Waals surface area (Å²) >= 11 is 0. The largest absolute Gasteiger partial charge is 0.496 e. The van der Waals surface area contributed by atoms with Gasteiger partial charge in [-0.15, -0.1) is 0 Å². The van der Waals surface area contributed by atoms with Crippen LogP contribution < -0.4 is 10.1 Å². The van der Waals surface area contributed by atoms with Gasteiger partial charge in [0, 0.05) is 35.9 Å². The molecule has 2 atom stereocenters. The van der Waals surface area contributed by atoms with Crippen LogP contribution in [0.15, 0.2) is 42.5 Å².